The molecule has 0 saturated heterocycles. The van der Waals surface area contributed by atoms with Crippen LogP contribution in [0.3, 0.4) is 0 Å². The zero-order valence-corrected chi connectivity index (χ0v) is 16.6. The second-order valence-corrected chi connectivity index (χ2v) is 9.20. The molecule has 148 valence electrons. The Labute approximate surface area is 166 Å². The maximum atomic E-state index is 13.2. The van der Waals surface area contributed by atoms with Crippen LogP contribution < -0.4 is 16.6 Å². The Bertz CT molecular complexity index is 1330. The van der Waals surface area contributed by atoms with Crippen LogP contribution in [0.2, 0.25) is 0 Å². The number of hydrogen-bond donors (Lipinski definition) is 3. The monoisotopic (exact) mass is 391 g/mol. The third kappa shape index (κ3) is 2.14. The molecule has 3 aromatic rings. The van der Waals surface area contributed by atoms with Crippen molar-refractivity contribution in [3.05, 3.63) is 50.9 Å². The molecule has 0 bridgehead atoms. The van der Waals surface area contributed by atoms with Gasteiger partial charge in [-0.3, -0.25) is 29.4 Å². The number of rotatable bonds is 1. The largest absolute Gasteiger partial charge is 0.384 e. The minimum atomic E-state index is -0.603. The van der Waals surface area contributed by atoms with E-state index in [0.717, 1.165) is 28.5 Å². The van der Waals surface area contributed by atoms with Crippen LogP contribution >= 0.6 is 0 Å². The van der Waals surface area contributed by atoms with Gasteiger partial charge in [0.1, 0.15) is 5.82 Å². The normalized spacial score (nSPS) is 18.8. The molecule has 8 heteroatoms. The number of carbonyl (C=O) groups is 2. The smallest absolute Gasteiger partial charge is 0.262 e. The molecule has 2 aliphatic rings. The fourth-order valence-corrected chi connectivity index (χ4v) is 5.32. The van der Waals surface area contributed by atoms with E-state index in [1.54, 1.807) is 6.20 Å². The second-order valence-electron chi connectivity index (χ2n) is 9.20. The maximum Gasteiger partial charge on any atom is 0.262 e. The van der Waals surface area contributed by atoms with E-state index in [0.29, 0.717) is 5.69 Å². The van der Waals surface area contributed by atoms with Crippen molar-refractivity contribution in [3.63, 3.8) is 0 Å². The molecule has 1 aromatic carbocycles. The van der Waals surface area contributed by atoms with Gasteiger partial charge in [0.2, 0.25) is 0 Å². The summed E-state index contributed by atoms with van der Waals surface area (Å²) in [5, 5.41) is 10.1. The first-order valence-electron chi connectivity index (χ1n) is 9.45. The van der Waals surface area contributed by atoms with E-state index >= 15 is 0 Å². The van der Waals surface area contributed by atoms with E-state index in [9.17, 15) is 14.4 Å². The molecule has 0 unspecified atom stereocenters. The van der Waals surface area contributed by atoms with Gasteiger partial charge in [-0.05, 0) is 34.4 Å². The van der Waals surface area contributed by atoms with Gasteiger partial charge in [0.15, 0.2) is 0 Å². The number of nitrogens with one attached hydrogen (secondary N) is 2. The first kappa shape index (κ1) is 17.7. The van der Waals surface area contributed by atoms with Crippen LogP contribution in [0, 0.1) is 0 Å². The molecule has 3 heterocycles. The minimum Gasteiger partial charge on any atom is -0.384 e. The summed E-state index contributed by atoms with van der Waals surface area (Å²) in [6.45, 7) is 8.63. The Kier molecular flexibility index (Phi) is 3.13. The van der Waals surface area contributed by atoms with E-state index in [1.807, 2.05) is 0 Å². The molecule has 2 amide bonds. The topological polar surface area (TPSA) is 123 Å². The van der Waals surface area contributed by atoms with Crippen LogP contribution in [-0.4, -0.2) is 26.6 Å². The number of benzene rings is 1. The summed E-state index contributed by atoms with van der Waals surface area (Å²) < 4.78 is 1.36. The molecular weight excluding hydrogens is 370 g/mol. The van der Waals surface area contributed by atoms with Gasteiger partial charge in [0.25, 0.3) is 17.4 Å². The van der Waals surface area contributed by atoms with Gasteiger partial charge in [0, 0.05) is 11.5 Å². The summed E-state index contributed by atoms with van der Waals surface area (Å²) in [5.74, 6) is -1.23. The molecule has 5 rings (SSSR count). The summed E-state index contributed by atoms with van der Waals surface area (Å²) in [6.07, 6.45) is 2.55. The van der Waals surface area contributed by atoms with Gasteiger partial charge in [-0.15, -0.1) is 0 Å². The Morgan fingerprint density at radius 3 is 2.52 bits per heavy atom. The Morgan fingerprint density at radius 2 is 1.79 bits per heavy atom. The Balaban J connectivity index is 1.98. The molecule has 0 fully saturated rings. The van der Waals surface area contributed by atoms with Crippen molar-refractivity contribution in [1.82, 2.24) is 20.1 Å². The molecule has 4 N–H and O–H groups in total. The lowest BCUT2D eigenvalue weighted by atomic mass is 9.81. The van der Waals surface area contributed by atoms with E-state index in [2.05, 4.69) is 49.3 Å². The van der Waals surface area contributed by atoms with Gasteiger partial charge < -0.3 is 5.73 Å². The number of pyridine rings is 1. The van der Waals surface area contributed by atoms with E-state index in [1.165, 1.54) is 10.6 Å². The highest BCUT2D eigenvalue weighted by Gasteiger charge is 2.45. The highest BCUT2D eigenvalue weighted by atomic mass is 16.2. The number of imide groups is 1. The van der Waals surface area contributed by atoms with Gasteiger partial charge in [0.05, 0.1) is 28.5 Å². The number of nitrogens with zero attached hydrogens (tertiary/aromatic N) is 2. The quantitative estimate of drug-likeness (QED) is 0.549. The SMILES string of the molecule is CC1(C)CC(C)(C)c2c1cc1[nH]ncc1c2-n1c(N)c2c(cc1=O)C(=O)NC2=O. The first-order valence-corrected chi connectivity index (χ1v) is 9.45. The van der Waals surface area contributed by atoms with Crippen molar-refractivity contribution in [2.75, 3.05) is 5.73 Å². The third-order valence-electron chi connectivity index (χ3n) is 6.19. The summed E-state index contributed by atoms with van der Waals surface area (Å²) in [6, 6.07) is 3.27. The predicted molar refractivity (Wildman–Crippen MR) is 109 cm³/mol. The number of aromatic amines is 1. The predicted octanol–water partition coefficient (Wildman–Crippen LogP) is 2.14. The van der Waals surface area contributed by atoms with Gasteiger partial charge in [-0.25, -0.2) is 0 Å². The van der Waals surface area contributed by atoms with E-state index in [-0.39, 0.29) is 27.8 Å². The number of nitrogen functional groups attached to an aromatic ring is 1. The molecular formula is C21H21N5O3. The standard InChI is InChI=1S/C21H21N5O3/c1-20(2)8-21(3,4)15-11(20)6-12-10(7-23-25-12)16(15)26-13(27)5-9-14(17(26)22)19(29)24-18(9)28/h5-7H,8,22H2,1-4H3,(H,23,25)(H,24,28,29). The molecule has 0 spiro atoms. The molecule has 8 nitrogen and oxygen atoms in total. The zero-order valence-electron chi connectivity index (χ0n) is 16.6. The second kappa shape index (κ2) is 5.14. The number of nitrogens with two attached hydrogens (primary N) is 1. The van der Waals surface area contributed by atoms with Crippen LogP contribution in [0.15, 0.2) is 23.1 Å². The fraction of sp³-hybridized carbons (Fsp3) is 0.333. The van der Waals surface area contributed by atoms with Crippen molar-refractivity contribution in [2.24, 2.45) is 0 Å². The average molecular weight is 391 g/mol. The van der Waals surface area contributed by atoms with Gasteiger partial charge in [-0.2, -0.15) is 5.10 Å². The van der Waals surface area contributed by atoms with Crippen molar-refractivity contribution < 1.29 is 9.59 Å². The molecule has 0 radical (unpaired) electrons. The average Bonchev–Trinajstić information content (AvgIpc) is 3.22. The summed E-state index contributed by atoms with van der Waals surface area (Å²) in [4.78, 5) is 37.5. The van der Waals surface area contributed by atoms with E-state index < -0.39 is 17.4 Å². The Hall–Kier alpha value is -3.42. The molecule has 29 heavy (non-hydrogen) atoms. The molecule has 0 saturated carbocycles. The number of aromatic nitrogens is 3. The number of anilines is 1. The highest BCUT2D eigenvalue weighted by Crippen LogP contribution is 2.53. The van der Waals surface area contributed by atoms with Gasteiger partial charge >= 0.3 is 0 Å². The van der Waals surface area contributed by atoms with Crippen molar-refractivity contribution >= 4 is 28.5 Å². The third-order valence-corrected chi connectivity index (χ3v) is 6.19. The zero-order chi connectivity index (χ0) is 20.9. The molecule has 0 atom stereocenters. The lowest BCUT2D eigenvalue weighted by Gasteiger charge is -2.25. The van der Waals surface area contributed by atoms with E-state index in [4.69, 9.17) is 5.73 Å². The lowest BCUT2D eigenvalue weighted by molar-refractivity contribution is 0.0880. The summed E-state index contributed by atoms with van der Waals surface area (Å²) >= 11 is 0. The molecule has 2 aromatic heterocycles. The minimum absolute atomic E-state index is 0.0179. The first-order chi connectivity index (χ1) is 13.5. The summed E-state index contributed by atoms with van der Waals surface area (Å²) in [7, 11) is 0. The maximum absolute atomic E-state index is 13.2. The van der Waals surface area contributed by atoms with Crippen LogP contribution in [0.4, 0.5) is 5.82 Å². The lowest BCUT2D eigenvalue weighted by Crippen LogP contribution is -2.27. The van der Waals surface area contributed by atoms with Crippen molar-refractivity contribution in [3.8, 4) is 5.69 Å². The summed E-state index contributed by atoms with van der Waals surface area (Å²) in [5.41, 5.74) is 9.14. The van der Waals surface area contributed by atoms with Crippen molar-refractivity contribution in [1.29, 1.82) is 0 Å². The number of amides is 2. The van der Waals surface area contributed by atoms with Crippen LogP contribution in [0.25, 0.3) is 16.6 Å². The Morgan fingerprint density at radius 1 is 1.07 bits per heavy atom. The molecule has 1 aliphatic carbocycles. The molecule has 1 aliphatic heterocycles. The highest BCUT2D eigenvalue weighted by molar-refractivity contribution is 6.23. The van der Waals surface area contributed by atoms with Crippen LogP contribution in [-0.2, 0) is 10.8 Å². The number of H-pyrrole nitrogens is 1. The van der Waals surface area contributed by atoms with Crippen LogP contribution in [0.5, 0.6) is 0 Å². The fourth-order valence-electron chi connectivity index (χ4n) is 5.32. The van der Waals surface area contributed by atoms with Crippen LogP contribution in [0.1, 0.15) is 66.0 Å². The van der Waals surface area contributed by atoms with Gasteiger partial charge in [-0.1, -0.05) is 27.7 Å². The number of fused-ring (bicyclic) bond motifs is 3. The number of carbonyl (C=O) groups excluding carboxylic acids is 2. The number of hydrogen-bond acceptors (Lipinski definition) is 5. The van der Waals surface area contributed by atoms with Crippen molar-refractivity contribution in [2.45, 2.75) is 44.9 Å².